The Labute approximate surface area is 190 Å². The number of hydrogen-bond acceptors (Lipinski definition) is 2. The molecule has 172 valence electrons. The van der Waals surface area contributed by atoms with Crippen LogP contribution in [0, 0.1) is 0 Å². The lowest BCUT2D eigenvalue weighted by Gasteiger charge is -2.04. The van der Waals surface area contributed by atoms with Gasteiger partial charge in [-0.05, 0) is 51.4 Å². The highest BCUT2D eigenvalue weighted by Gasteiger charge is 1.98. The fourth-order valence-electron chi connectivity index (χ4n) is 2.52. The van der Waals surface area contributed by atoms with Gasteiger partial charge in [0.1, 0.15) is 0 Å². The minimum absolute atomic E-state index is 0.0380. The highest BCUT2D eigenvalue weighted by atomic mass is 16.2. The Bertz CT molecular complexity index is 625. The molecule has 0 radical (unpaired) electrons. The molecule has 2 N–H and O–H groups in total. The Morgan fingerprint density at radius 1 is 0.613 bits per heavy atom. The van der Waals surface area contributed by atoms with Crippen molar-refractivity contribution in [2.75, 3.05) is 13.1 Å². The van der Waals surface area contributed by atoms with Gasteiger partial charge in [-0.2, -0.15) is 0 Å². The number of carbonyl (C=O) groups is 2. The van der Waals surface area contributed by atoms with E-state index in [1.165, 1.54) is 6.92 Å². The maximum absolute atomic E-state index is 11.7. The summed E-state index contributed by atoms with van der Waals surface area (Å²) < 4.78 is 0. The lowest BCUT2D eigenvalue weighted by molar-refractivity contribution is -0.121. The van der Waals surface area contributed by atoms with E-state index in [9.17, 15) is 9.59 Å². The lowest BCUT2D eigenvalue weighted by Crippen LogP contribution is -2.28. The third kappa shape index (κ3) is 25.3. The molecule has 0 aromatic heterocycles. The molecular weight excluding hydrogens is 384 g/mol. The van der Waals surface area contributed by atoms with Gasteiger partial charge >= 0.3 is 0 Å². The van der Waals surface area contributed by atoms with Crippen molar-refractivity contribution in [1.29, 1.82) is 0 Å². The molecule has 0 aromatic carbocycles. The van der Waals surface area contributed by atoms with Gasteiger partial charge < -0.3 is 10.6 Å². The average Bonchev–Trinajstić information content (AvgIpc) is 2.75. The summed E-state index contributed by atoms with van der Waals surface area (Å²) in [7, 11) is 0. The first kappa shape index (κ1) is 28.4. The van der Waals surface area contributed by atoms with E-state index in [1.807, 2.05) is 0 Å². The van der Waals surface area contributed by atoms with Crippen LogP contribution in [0.3, 0.4) is 0 Å². The monoisotopic (exact) mass is 426 g/mol. The smallest absolute Gasteiger partial charge is 0.220 e. The third-order valence-electron chi connectivity index (χ3n) is 4.18. The second kappa shape index (κ2) is 23.7. The van der Waals surface area contributed by atoms with E-state index in [0.717, 1.165) is 51.4 Å². The fraction of sp³-hybridized carbons (Fsp3) is 0.481. The minimum Gasteiger partial charge on any atom is -0.356 e. The van der Waals surface area contributed by atoms with E-state index in [0.29, 0.717) is 19.5 Å². The predicted octanol–water partition coefficient (Wildman–Crippen LogP) is 6.11. The van der Waals surface area contributed by atoms with Crippen LogP contribution < -0.4 is 10.6 Å². The van der Waals surface area contributed by atoms with Gasteiger partial charge in [0.2, 0.25) is 11.8 Å². The zero-order chi connectivity index (χ0) is 22.8. The molecule has 0 aliphatic rings. The predicted molar refractivity (Wildman–Crippen MR) is 134 cm³/mol. The Hall–Kier alpha value is -2.62. The van der Waals surface area contributed by atoms with E-state index >= 15 is 0 Å². The van der Waals surface area contributed by atoms with Crippen LogP contribution in [0.4, 0.5) is 0 Å². The summed E-state index contributed by atoms with van der Waals surface area (Å²) in [5.74, 6) is 0.0197. The van der Waals surface area contributed by atoms with Gasteiger partial charge in [-0.25, -0.2) is 0 Å². The van der Waals surface area contributed by atoms with Crippen LogP contribution in [0.1, 0.15) is 71.6 Å². The minimum atomic E-state index is -0.0380. The summed E-state index contributed by atoms with van der Waals surface area (Å²) in [5, 5.41) is 5.57. The largest absolute Gasteiger partial charge is 0.356 e. The molecule has 2 amide bonds. The van der Waals surface area contributed by atoms with Gasteiger partial charge in [-0.15, -0.1) is 0 Å². The number of carbonyl (C=O) groups excluding carboxylic acids is 2. The summed E-state index contributed by atoms with van der Waals surface area (Å²) in [6.45, 7) is 4.84. The zero-order valence-electron chi connectivity index (χ0n) is 19.5. The molecule has 0 unspecified atom stereocenters. The molecule has 0 aliphatic heterocycles. The van der Waals surface area contributed by atoms with Gasteiger partial charge in [0.05, 0.1) is 0 Å². The van der Waals surface area contributed by atoms with E-state index in [2.05, 4.69) is 90.5 Å². The van der Waals surface area contributed by atoms with Gasteiger partial charge in [0.15, 0.2) is 0 Å². The molecule has 0 saturated carbocycles. The summed E-state index contributed by atoms with van der Waals surface area (Å²) in [6.07, 6.45) is 34.0. The van der Waals surface area contributed by atoms with Crippen LogP contribution in [0.5, 0.6) is 0 Å². The van der Waals surface area contributed by atoms with Gasteiger partial charge in [0.25, 0.3) is 0 Å². The van der Waals surface area contributed by atoms with E-state index in [-0.39, 0.29) is 11.8 Å². The quantitative estimate of drug-likeness (QED) is 0.205. The number of rotatable bonds is 18. The van der Waals surface area contributed by atoms with Crippen molar-refractivity contribution < 1.29 is 9.59 Å². The fourth-order valence-corrected chi connectivity index (χ4v) is 2.52. The average molecular weight is 427 g/mol. The maximum atomic E-state index is 11.7. The number of amides is 2. The SMILES string of the molecule is CC/C=C\C/C=C\C/C=C\C/C=C\C/C=C\C/C=C\CCC(=O)NCCCNC(C)=O. The first-order valence-corrected chi connectivity index (χ1v) is 11.6. The maximum Gasteiger partial charge on any atom is 0.220 e. The Kier molecular flexibility index (Phi) is 21.7. The van der Waals surface area contributed by atoms with Gasteiger partial charge in [-0.3, -0.25) is 9.59 Å². The second-order valence-electron chi connectivity index (χ2n) is 7.14. The molecule has 0 bridgehead atoms. The molecule has 4 nitrogen and oxygen atoms in total. The zero-order valence-corrected chi connectivity index (χ0v) is 19.5. The molecule has 4 heteroatoms. The van der Waals surface area contributed by atoms with Crippen molar-refractivity contribution >= 4 is 11.8 Å². The molecule has 0 rings (SSSR count). The molecule has 0 heterocycles. The van der Waals surface area contributed by atoms with Crippen molar-refractivity contribution in [1.82, 2.24) is 10.6 Å². The number of nitrogens with one attached hydrogen (secondary N) is 2. The molecule has 0 aromatic rings. The number of allylic oxidation sites excluding steroid dienone is 12. The Morgan fingerprint density at radius 3 is 1.48 bits per heavy atom. The van der Waals surface area contributed by atoms with E-state index in [4.69, 9.17) is 0 Å². The molecular formula is C27H42N2O2. The summed E-state index contributed by atoms with van der Waals surface area (Å²) >= 11 is 0. The van der Waals surface area contributed by atoms with Crippen molar-refractivity contribution in [2.24, 2.45) is 0 Å². The first-order chi connectivity index (χ1) is 15.2. The van der Waals surface area contributed by atoms with Crippen LogP contribution >= 0.6 is 0 Å². The van der Waals surface area contributed by atoms with Crippen molar-refractivity contribution in [3.8, 4) is 0 Å². The Balaban J connectivity index is 3.55. The third-order valence-corrected chi connectivity index (χ3v) is 4.18. The van der Waals surface area contributed by atoms with Crippen molar-refractivity contribution in [2.45, 2.75) is 71.6 Å². The van der Waals surface area contributed by atoms with Crippen molar-refractivity contribution in [3.63, 3.8) is 0 Å². The molecule has 0 fully saturated rings. The Morgan fingerprint density at radius 2 is 1.03 bits per heavy atom. The summed E-state index contributed by atoms with van der Waals surface area (Å²) in [5.41, 5.74) is 0. The molecule has 31 heavy (non-hydrogen) atoms. The molecule has 0 aliphatic carbocycles. The molecule has 0 spiro atoms. The molecule has 0 saturated heterocycles. The summed E-state index contributed by atoms with van der Waals surface area (Å²) in [4.78, 5) is 22.4. The normalized spacial score (nSPS) is 12.5. The highest BCUT2D eigenvalue weighted by molar-refractivity contribution is 5.76. The standard InChI is InChI=1S/C27H42N2O2/c1-3-4-5-6-7-8-9-10-11-12-13-14-15-16-17-18-19-20-21-23-27(31)29-25-22-24-28-26(2)30/h4-5,7-8,10-11,13-14,16-17,19-20H,3,6,9,12,15,18,21-25H2,1-2H3,(H,28,30)(H,29,31)/b5-4-,8-7-,11-10-,14-13-,17-16-,20-19-. The number of hydrogen-bond donors (Lipinski definition) is 2. The van der Waals surface area contributed by atoms with Crippen LogP contribution in [0.25, 0.3) is 0 Å². The van der Waals surface area contributed by atoms with Gasteiger partial charge in [-0.1, -0.05) is 79.8 Å². The first-order valence-electron chi connectivity index (χ1n) is 11.6. The van der Waals surface area contributed by atoms with Gasteiger partial charge in [0, 0.05) is 26.4 Å². The summed E-state index contributed by atoms with van der Waals surface area (Å²) in [6, 6.07) is 0. The van der Waals surface area contributed by atoms with Crippen LogP contribution in [0.15, 0.2) is 72.9 Å². The van der Waals surface area contributed by atoms with Crippen molar-refractivity contribution in [3.05, 3.63) is 72.9 Å². The lowest BCUT2D eigenvalue weighted by atomic mass is 10.2. The topological polar surface area (TPSA) is 58.2 Å². The molecule has 0 atom stereocenters. The second-order valence-corrected chi connectivity index (χ2v) is 7.14. The van der Waals surface area contributed by atoms with Crippen LogP contribution in [-0.4, -0.2) is 24.9 Å². The van der Waals surface area contributed by atoms with Crippen LogP contribution in [-0.2, 0) is 9.59 Å². The van der Waals surface area contributed by atoms with Crippen LogP contribution in [0.2, 0.25) is 0 Å². The van der Waals surface area contributed by atoms with E-state index in [1.54, 1.807) is 0 Å². The highest BCUT2D eigenvalue weighted by Crippen LogP contribution is 1.97. The van der Waals surface area contributed by atoms with E-state index < -0.39 is 0 Å².